The summed E-state index contributed by atoms with van der Waals surface area (Å²) in [5.41, 5.74) is 2.09. The number of para-hydroxylation sites is 1. The molecule has 0 saturated carbocycles. The van der Waals surface area contributed by atoms with Crippen molar-refractivity contribution in [3.63, 3.8) is 0 Å². The van der Waals surface area contributed by atoms with Gasteiger partial charge in [-0.15, -0.1) is 0 Å². The SMILES string of the molecule is O=C(Nc1cc2ccccc2cc1C(=O)N(Cc1ccccc1)C(Cc1ccccc1)C(=O)O)Nc1c(Cl)cccc1Cl. The third kappa shape index (κ3) is 7.15. The molecule has 0 fully saturated rings. The average Bonchev–Trinajstić information content (AvgIpc) is 3.01. The number of rotatable bonds is 9. The van der Waals surface area contributed by atoms with E-state index in [1.807, 2.05) is 84.9 Å². The third-order valence-electron chi connectivity index (χ3n) is 6.96. The Labute approximate surface area is 258 Å². The Morgan fingerprint density at radius 1 is 0.698 bits per heavy atom. The highest BCUT2D eigenvalue weighted by Gasteiger charge is 2.32. The number of halogens is 2. The Morgan fingerprint density at radius 2 is 1.26 bits per heavy atom. The predicted octanol–water partition coefficient (Wildman–Crippen LogP) is 8.13. The first-order chi connectivity index (χ1) is 20.8. The van der Waals surface area contributed by atoms with Crippen LogP contribution < -0.4 is 10.6 Å². The molecule has 3 amide bonds. The average molecular weight is 613 g/mol. The smallest absolute Gasteiger partial charge is 0.326 e. The summed E-state index contributed by atoms with van der Waals surface area (Å²) in [4.78, 5) is 41.7. The molecular weight excluding hydrogens is 585 g/mol. The van der Waals surface area contributed by atoms with Crippen LogP contribution in [0.1, 0.15) is 21.5 Å². The predicted molar refractivity (Wildman–Crippen MR) is 171 cm³/mol. The van der Waals surface area contributed by atoms with Crippen molar-refractivity contribution in [1.29, 1.82) is 0 Å². The monoisotopic (exact) mass is 611 g/mol. The Balaban J connectivity index is 1.56. The first-order valence-corrected chi connectivity index (χ1v) is 14.2. The molecule has 1 unspecified atom stereocenters. The summed E-state index contributed by atoms with van der Waals surface area (Å²) < 4.78 is 0. The fraction of sp³-hybridized carbons (Fsp3) is 0.0882. The number of urea groups is 1. The molecule has 0 bridgehead atoms. The van der Waals surface area contributed by atoms with Crippen LogP contribution in [0.5, 0.6) is 0 Å². The number of carboxylic acid groups (broad SMARTS) is 1. The topological polar surface area (TPSA) is 98.7 Å². The van der Waals surface area contributed by atoms with Gasteiger partial charge in [-0.25, -0.2) is 9.59 Å². The van der Waals surface area contributed by atoms with Crippen molar-refractivity contribution in [2.45, 2.75) is 19.0 Å². The fourth-order valence-corrected chi connectivity index (χ4v) is 5.32. The second-order valence-corrected chi connectivity index (χ2v) is 10.7. The Hall–Kier alpha value is -4.85. The van der Waals surface area contributed by atoms with Crippen LogP contribution in [-0.2, 0) is 17.8 Å². The maximum absolute atomic E-state index is 14.4. The summed E-state index contributed by atoms with van der Waals surface area (Å²) in [5, 5.41) is 17.8. The van der Waals surface area contributed by atoms with Crippen LogP contribution >= 0.6 is 23.2 Å². The molecule has 43 heavy (non-hydrogen) atoms. The van der Waals surface area contributed by atoms with Crippen molar-refractivity contribution < 1.29 is 19.5 Å². The second-order valence-electron chi connectivity index (χ2n) is 9.88. The molecular formula is C34H27Cl2N3O4. The Kier molecular flexibility index (Phi) is 9.25. The lowest BCUT2D eigenvalue weighted by Crippen LogP contribution is -2.46. The molecule has 0 heterocycles. The fourth-order valence-electron chi connectivity index (χ4n) is 4.83. The van der Waals surface area contributed by atoms with E-state index in [9.17, 15) is 19.5 Å². The molecule has 0 aromatic heterocycles. The number of aliphatic carboxylic acids is 1. The van der Waals surface area contributed by atoms with Gasteiger partial charge in [0.25, 0.3) is 5.91 Å². The third-order valence-corrected chi connectivity index (χ3v) is 7.59. The normalized spacial score (nSPS) is 11.5. The number of hydrogen-bond acceptors (Lipinski definition) is 3. The van der Waals surface area contributed by atoms with E-state index in [0.717, 1.165) is 21.9 Å². The quantitative estimate of drug-likeness (QED) is 0.157. The summed E-state index contributed by atoms with van der Waals surface area (Å²) in [6, 6.07) is 32.1. The molecule has 0 radical (unpaired) electrons. The molecule has 3 N–H and O–H groups in total. The van der Waals surface area contributed by atoms with Crippen LogP contribution in [0.2, 0.25) is 10.0 Å². The number of carbonyl (C=O) groups excluding carboxylic acids is 2. The minimum Gasteiger partial charge on any atom is -0.480 e. The van der Waals surface area contributed by atoms with Gasteiger partial charge in [0.05, 0.1) is 27.0 Å². The molecule has 1 atom stereocenters. The molecule has 5 aromatic carbocycles. The molecule has 0 saturated heterocycles. The standard InChI is InChI=1S/C34H27Cl2N3O4/c35-27-16-9-17-28(36)31(27)38-34(43)37-29-20-25-15-8-7-14-24(25)19-26(29)32(40)39(21-23-12-5-2-6-13-23)30(33(41)42)18-22-10-3-1-4-11-22/h1-17,19-20,30H,18,21H2,(H,41,42)(H2,37,38,43). The zero-order chi connectivity index (χ0) is 30.3. The van der Waals surface area contributed by atoms with Crippen LogP contribution in [-0.4, -0.2) is 34.0 Å². The number of carbonyl (C=O) groups is 3. The Bertz CT molecular complexity index is 1760. The maximum Gasteiger partial charge on any atom is 0.326 e. The highest BCUT2D eigenvalue weighted by molar-refractivity contribution is 6.39. The number of amides is 3. The molecule has 216 valence electrons. The largest absolute Gasteiger partial charge is 0.480 e. The van der Waals surface area contributed by atoms with E-state index >= 15 is 0 Å². The lowest BCUT2D eigenvalue weighted by molar-refractivity contribution is -0.142. The van der Waals surface area contributed by atoms with Crippen molar-refractivity contribution in [2.75, 3.05) is 10.6 Å². The van der Waals surface area contributed by atoms with Crippen LogP contribution in [0, 0.1) is 0 Å². The first-order valence-electron chi connectivity index (χ1n) is 13.5. The van der Waals surface area contributed by atoms with Crippen molar-refractivity contribution in [3.05, 3.63) is 142 Å². The van der Waals surface area contributed by atoms with Crippen molar-refractivity contribution in [2.24, 2.45) is 0 Å². The second kappa shape index (κ2) is 13.4. The van der Waals surface area contributed by atoms with Gasteiger partial charge in [-0.3, -0.25) is 4.79 Å². The lowest BCUT2D eigenvalue weighted by atomic mass is 10.00. The van der Waals surface area contributed by atoms with Crippen molar-refractivity contribution in [3.8, 4) is 0 Å². The van der Waals surface area contributed by atoms with Gasteiger partial charge >= 0.3 is 12.0 Å². The van der Waals surface area contributed by atoms with Gasteiger partial charge in [0, 0.05) is 13.0 Å². The van der Waals surface area contributed by atoms with Gasteiger partial charge in [-0.2, -0.15) is 0 Å². The highest BCUT2D eigenvalue weighted by Crippen LogP contribution is 2.31. The number of benzene rings is 5. The first kappa shape index (κ1) is 29.6. The van der Waals surface area contributed by atoms with Crippen LogP contribution in [0.4, 0.5) is 16.2 Å². The summed E-state index contributed by atoms with van der Waals surface area (Å²) in [5.74, 6) is -1.70. The van der Waals surface area contributed by atoms with E-state index < -0.39 is 23.9 Å². The summed E-state index contributed by atoms with van der Waals surface area (Å²) in [6.45, 7) is 0.0389. The van der Waals surface area contributed by atoms with Crippen LogP contribution in [0.25, 0.3) is 10.8 Å². The van der Waals surface area contributed by atoms with Crippen LogP contribution in [0.15, 0.2) is 115 Å². The highest BCUT2D eigenvalue weighted by atomic mass is 35.5. The molecule has 5 rings (SSSR count). The van der Waals surface area contributed by atoms with Gasteiger partial charge in [0.2, 0.25) is 0 Å². The number of nitrogens with one attached hydrogen (secondary N) is 2. The lowest BCUT2D eigenvalue weighted by Gasteiger charge is -2.30. The molecule has 0 aliphatic rings. The summed E-state index contributed by atoms with van der Waals surface area (Å²) in [7, 11) is 0. The molecule has 0 aliphatic heterocycles. The summed E-state index contributed by atoms with van der Waals surface area (Å²) >= 11 is 12.5. The number of nitrogens with zero attached hydrogens (tertiary/aromatic N) is 1. The van der Waals surface area contributed by atoms with Crippen molar-refractivity contribution in [1.82, 2.24) is 4.90 Å². The molecule has 7 nitrogen and oxygen atoms in total. The van der Waals surface area contributed by atoms with E-state index in [4.69, 9.17) is 23.2 Å². The van der Waals surface area contributed by atoms with Gasteiger partial charge in [-0.1, -0.05) is 114 Å². The van der Waals surface area contributed by atoms with E-state index in [1.165, 1.54) is 4.90 Å². The van der Waals surface area contributed by atoms with Crippen molar-refractivity contribution >= 4 is 63.3 Å². The minimum atomic E-state index is -1.19. The number of fused-ring (bicyclic) bond motifs is 1. The molecule has 5 aromatic rings. The van der Waals surface area contributed by atoms with Gasteiger partial charge < -0.3 is 20.6 Å². The molecule has 0 spiro atoms. The zero-order valence-electron chi connectivity index (χ0n) is 22.8. The minimum absolute atomic E-state index is 0.0389. The van der Waals surface area contributed by atoms with E-state index in [-0.39, 0.29) is 39.9 Å². The van der Waals surface area contributed by atoms with Gasteiger partial charge in [0.1, 0.15) is 6.04 Å². The van der Waals surface area contributed by atoms with Gasteiger partial charge in [-0.05, 0) is 46.2 Å². The van der Waals surface area contributed by atoms with E-state index in [1.54, 1.807) is 30.3 Å². The zero-order valence-corrected chi connectivity index (χ0v) is 24.3. The maximum atomic E-state index is 14.4. The number of carboxylic acids is 1. The molecule has 0 aliphatic carbocycles. The van der Waals surface area contributed by atoms with E-state index in [0.29, 0.717) is 0 Å². The van der Waals surface area contributed by atoms with Gasteiger partial charge in [0.15, 0.2) is 0 Å². The Morgan fingerprint density at radius 3 is 1.86 bits per heavy atom. The number of hydrogen-bond donors (Lipinski definition) is 3. The molecule has 9 heteroatoms. The summed E-state index contributed by atoms with van der Waals surface area (Å²) in [6.07, 6.45) is 0.0938. The number of anilines is 2. The van der Waals surface area contributed by atoms with Crippen LogP contribution in [0.3, 0.4) is 0 Å². The van der Waals surface area contributed by atoms with E-state index in [2.05, 4.69) is 10.6 Å².